The summed E-state index contributed by atoms with van der Waals surface area (Å²) >= 11 is 0. The lowest BCUT2D eigenvalue weighted by atomic mass is 10.1. The van der Waals surface area contributed by atoms with E-state index in [2.05, 4.69) is 114 Å². The Labute approximate surface area is 335 Å². The van der Waals surface area contributed by atoms with Crippen molar-refractivity contribution < 1.29 is 0 Å². The zero-order valence-electron chi connectivity index (χ0n) is 34.0. The first-order valence-electron chi connectivity index (χ1n) is 18.9. The van der Waals surface area contributed by atoms with Crippen LogP contribution >= 0.6 is 0 Å². The molecule has 0 unspecified atom stereocenters. The molecule has 3 nitrogen and oxygen atoms in total. The van der Waals surface area contributed by atoms with Gasteiger partial charge in [0.1, 0.15) is 0 Å². The maximum atomic E-state index is 4.38. The van der Waals surface area contributed by atoms with Gasteiger partial charge in [0.15, 0.2) is 0 Å². The number of rotatable bonds is 0. The SMILES string of the molecule is C.C.CC.CC.CC.Cc1cc2ccccc2cn1.Cc1ccc2ccccc2c1.Cc1ccc2ccccc2n1.Cc1ccccc1.Cc1ccccn1. The molecule has 5 aromatic carbocycles. The summed E-state index contributed by atoms with van der Waals surface area (Å²) < 4.78 is 0. The topological polar surface area (TPSA) is 38.7 Å². The van der Waals surface area contributed by atoms with E-state index in [9.17, 15) is 0 Å². The number of nitrogens with zero attached hydrogens (tertiary/aromatic N) is 3. The predicted octanol–water partition coefficient (Wildman–Crippen LogP) is 16.0. The lowest BCUT2D eigenvalue weighted by Gasteiger charge is -1.96. The van der Waals surface area contributed by atoms with Gasteiger partial charge < -0.3 is 0 Å². The molecule has 0 saturated heterocycles. The minimum absolute atomic E-state index is 0. The van der Waals surface area contributed by atoms with Crippen molar-refractivity contribution in [3.05, 3.63) is 198 Å². The molecular weight excluding hydrogens is 667 g/mol. The van der Waals surface area contributed by atoms with E-state index < -0.39 is 0 Å². The molecular formula is C52H69N3. The third kappa shape index (κ3) is 21.0. The molecule has 55 heavy (non-hydrogen) atoms. The number of pyridine rings is 3. The summed E-state index contributed by atoms with van der Waals surface area (Å²) in [5, 5.41) is 6.32. The molecule has 3 heteroatoms. The van der Waals surface area contributed by atoms with Crippen LogP contribution in [0.5, 0.6) is 0 Å². The molecule has 0 atom stereocenters. The summed E-state index contributed by atoms with van der Waals surface area (Å²) in [5.41, 5.74) is 6.94. The monoisotopic (exact) mass is 736 g/mol. The van der Waals surface area contributed by atoms with Crippen LogP contribution in [0.4, 0.5) is 0 Å². The minimum Gasteiger partial charge on any atom is -0.262 e. The van der Waals surface area contributed by atoms with Crippen LogP contribution in [-0.4, -0.2) is 15.0 Å². The molecule has 8 aromatic rings. The van der Waals surface area contributed by atoms with E-state index in [-0.39, 0.29) is 14.9 Å². The van der Waals surface area contributed by atoms with Crippen LogP contribution in [0.15, 0.2) is 170 Å². The Kier molecular flexibility index (Phi) is 29.8. The average Bonchev–Trinajstić information content (AvgIpc) is 3.21. The molecule has 0 aliphatic rings. The first kappa shape index (κ1) is 51.4. The molecule has 0 aliphatic heterocycles. The second-order valence-corrected chi connectivity index (χ2v) is 11.3. The Morgan fingerprint density at radius 2 is 0.818 bits per heavy atom. The quantitative estimate of drug-likeness (QED) is 0.156. The average molecular weight is 736 g/mol. The lowest BCUT2D eigenvalue weighted by molar-refractivity contribution is 1.20. The predicted molar refractivity (Wildman–Crippen MR) is 249 cm³/mol. The normalized spacial score (nSPS) is 8.71. The fourth-order valence-corrected chi connectivity index (χ4v) is 4.65. The number of fused-ring (bicyclic) bond motifs is 3. The molecule has 0 saturated carbocycles. The Morgan fingerprint density at radius 1 is 0.327 bits per heavy atom. The molecule has 0 fully saturated rings. The maximum absolute atomic E-state index is 4.38. The Balaban J connectivity index is 0. The van der Waals surface area contributed by atoms with Crippen molar-refractivity contribution >= 4 is 32.4 Å². The van der Waals surface area contributed by atoms with E-state index in [1.807, 2.05) is 141 Å². The first-order chi connectivity index (χ1) is 25.9. The highest BCUT2D eigenvalue weighted by Gasteiger charge is 1.92. The molecule has 8 rings (SSSR count). The summed E-state index contributed by atoms with van der Waals surface area (Å²) in [6.45, 7) is 22.2. The summed E-state index contributed by atoms with van der Waals surface area (Å²) in [4.78, 5) is 12.6. The van der Waals surface area contributed by atoms with E-state index in [4.69, 9.17) is 0 Å². The third-order valence-corrected chi connectivity index (χ3v) is 7.16. The van der Waals surface area contributed by atoms with Gasteiger partial charge >= 0.3 is 0 Å². The van der Waals surface area contributed by atoms with Crippen molar-refractivity contribution in [2.45, 2.75) is 91.0 Å². The van der Waals surface area contributed by atoms with Crippen LogP contribution in [0.1, 0.15) is 84.6 Å². The largest absolute Gasteiger partial charge is 0.262 e. The zero-order chi connectivity index (χ0) is 39.3. The third-order valence-electron chi connectivity index (χ3n) is 7.16. The zero-order valence-corrected chi connectivity index (χ0v) is 34.0. The van der Waals surface area contributed by atoms with Crippen molar-refractivity contribution in [1.82, 2.24) is 15.0 Å². The van der Waals surface area contributed by atoms with Crippen LogP contribution in [0.2, 0.25) is 0 Å². The van der Waals surface area contributed by atoms with E-state index in [1.54, 1.807) is 6.20 Å². The number of aromatic nitrogens is 3. The fraction of sp³-hybridized carbons (Fsp3) is 0.250. The Morgan fingerprint density at radius 3 is 1.35 bits per heavy atom. The molecule has 0 aliphatic carbocycles. The van der Waals surface area contributed by atoms with Crippen LogP contribution in [0.3, 0.4) is 0 Å². The van der Waals surface area contributed by atoms with Crippen molar-refractivity contribution in [3.8, 4) is 0 Å². The van der Waals surface area contributed by atoms with E-state index in [0.717, 1.165) is 22.6 Å². The molecule has 0 bridgehead atoms. The molecule has 0 spiro atoms. The number of hydrogen-bond acceptors (Lipinski definition) is 3. The first-order valence-corrected chi connectivity index (χ1v) is 18.9. The van der Waals surface area contributed by atoms with Crippen LogP contribution in [0.25, 0.3) is 32.4 Å². The van der Waals surface area contributed by atoms with Crippen molar-refractivity contribution in [2.24, 2.45) is 0 Å². The van der Waals surface area contributed by atoms with Gasteiger partial charge in [-0.2, -0.15) is 0 Å². The van der Waals surface area contributed by atoms with Crippen LogP contribution < -0.4 is 0 Å². The highest BCUT2D eigenvalue weighted by Crippen LogP contribution is 2.15. The number of aryl methyl sites for hydroxylation is 5. The van der Waals surface area contributed by atoms with Crippen molar-refractivity contribution in [2.75, 3.05) is 0 Å². The van der Waals surface area contributed by atoms with Gasteiger partial charge in [-0.3, -0.25) is 15.0 Å². The lowest BCUT2D eigenvalue weighted by Crippen LogP contribution is -1.80. The molecule has 0 amide bonds. The van der Waals surface area contributed by atoms with Gasteiger partial charge in [0.2, 0.25) is 0 Å². The molecule has 3 aromatic heterocycles. The van der Waals surface area contributed by atoms with Gasteiger partial charge in [0.25, 0.3) is 0 Å². The summed E-state index contributed by atoms with van der Waals surface area (Å²) in [6, 6.07) is 53.6. The van der Waals surface area contributed by atoms with E-state index in [1.165, 1.54) is 38.1 Å². The van der Waals surface area contributed by atoms with Crippen molar-refractivity contribution in [1.29, 1.82) is 0 Å². The second-order valence-electron chi connectivity index (χ2n) is 11.3. The smallest absolute Gasteiger partial charge is 0.0705 e. The van der Waals surface area contributed by atoms with E-state index in [0.29, 0.717) is 0 Å². The summed E-state index contributed by atoms with van der Waals surface area (Å²) in [6.07, 6.45) is 3.69. The summed E-state index contributed by atoms with van der Waals surface area (Å²) in [7, 11) is 0. The maximum Gasteiger partial charge on any atom is 0.0705 e. The second kappa shape index (κ2) is 31.8. The summed E-state index contributed by atoms with van der Waals surface area (Å²) in [5.74, 6) is 0. The molecule has 292 valence electrons. The van der Waals surface area contributed by atoms with Gasteiger partial charge in [-0.25, -0.2) is 0 Å². The number of hydrogen-bond donors (Lipinski definition) is 0. The van der Waals surface area contributed by atoms with Gasteiger partial charge in [0, 0.05) is 40.2 Å². The molecule has 0 radical (unpaired) electrons. The highest BCUT2D eigenvalue weighted by atomic mass is 14.7. The van der Waals surface area contributed by atoms with Gasteiger partial charge in [-0.15, -0.1) is 0 Å². The Hall–Kier alpha value is -5.67. The minimum atomic E-state index is 0. The molecule has 3 heterocycles. The number of para-hydroxylation sites is 1. The van der Waals surface area contributed by atoms with Crippen LogP contribution in [0, 0.1) is 34.6 Å². The van der Waals surface area contributed by atoms with Crippen molar-refractivity contribution in [3.63, 3.8) is 0 Å². The number of benzene rings is 5. The fourth-order valence-electron chi connectivity index (χ4n) is 4.65. The van der Waals surface area contributed by atoms with Gasteiger partial charge in [-0.1, -0.05) is 195 Å². The standard InChI is InChI=1S/C11H10.2C10H9N.C7H8.C6H7N.3C2H6.2CH4/c1-9-6-7-10-4-2-3-5-11(10)8-9;1-8-6-9-4-2-3-5-10(9)7-11-8;1-8-6-7-9-4-2-3-5-10(9)11-8;1-7-5-3-2-4-6-7;1-6-4-2-3-5-7-6;3*1-2;;/h2-8H,1H3;2*2-7H,1H3;2-6H,1H3;2-5H,1H3;3*1-2H3;2*1H4. The Bertz CT molecular complexity index is 1870. The molecule has 0 N–H and O–H groups in total. The highest BCUT2D eigenvalue weighted by molar-refractivity contribution is 5.83. The van der Waals surface area contributed by atoms with E-state index >= 15 is 0 Å². The van der Waals surface area contributed by atoms with Crippen LogP contribution in [-0.2, 0) is 0 Å². The van der Waals surface area contributed by atoms with Gasteiger partial charge in [0.05, 0.1) is 5.52 Å². The van der Waals surface area contributed by atoms with Gasteiger partial charge in [-0.05, 0) is 81.1 Å².